The van der Waals surface area contributed by atoms with Gasteiger partial charge >= 0.3 is 0 Å². The molecule has 0 heterocycles. The van der Waals surface area contributed by atoms with Crippen LogP contribution in [0.5, 0.6) is 0 Å². The minimum atomic E-state index is -0.598. The zero-order valence-corrected chi connectivity index (χ0v) is 12.8. The molecule has 1 aliphatic carbocycles. The van der Waals surface area contributed by atoms with Gasteiger partial charge in [-0.2, -0.15) is 0 Å². The molecule has 0 bridgehead atoms. The quantitative estimate of drug-likeness (QED) is 0.617. The van der Waals surface area contributed by atoms with Crippen LogP contribution in [-0.4, -0.2) is 11.6 Å². The lowest BCUT2D eigenvalue weighted by atomic mass is 9.75. The van der Waals surface area contributed by atoms with Crippen molar-refractivity contribution in [3.8, 4) is 0 Å². The Bertz CT molecular complexity index is 703. The first-order chi connectivity index (χ1) is 10.6. The normalized spacial score (nSPS) is 21.0. The van der Waals surface area contributed by atoms with Gasteiger partial charge in [-0.1, -0.05) is 61.5 Å². The molecule has 2 aromatic carbocycles. The summed E-state index contributed by atoms with van der Waals surface area (Å²) in [5.74, 6) is 0.167. The Kier molecular flexibility index (Phi) is 3.93. The Balaban J connectivity index is 1.89. The molecule has 2 heteroatoms. The van der Waals surface area contributed by atoms with E-state index in [-0.39, 0.29) is 18.0 Å². The van der Waals surface area contributed by atoms with Crippen LogP contribution in [0.4, 0.5) is 0 Å². The van der Waals surface area contributed by atoms with Crippen LogP contribution in [-0.2, 0) is 6.42 Å². The van der Waals surface area contributed by atoms with Gasteiger partial charge in [-0.25, -0.2) is 0 Å². The highest BCUT2D eigenvalue weighted by Gasteiger charge is 2.38. The number of aryl methyl sites for hydroxylation is 1. The number of ketones is 2. The number of carbonyl (C=O) groups is 2. The van der Waals surface area contributed by atoms with Gasteiger partial charge in [-0.3, -0.25) is 9.59 Å². The summed E-state index contributed by atoms with van der Waals surface area (Å²) in [7, 11) is 0. The van der Waals surface area contributed by atoms with Crippen LogP contribution in [0.2, 0.25) is 0 Å². The van der Waals surface area contributed by atoms with Crippen LogP contribution in [0.15, 0.2) is 54.6 Å². The van der Waals surface area contributed by atoms with Crippen LogP contribution in [0.25, 0.3) is 0 Å². The molecule has 2 aromatic rings. The summed E-state index contributed by atoms with van der Waals surface area (Å²) in [6, 6.07) is 17.1. The molecular formula is C20H20O2. The maximum Gasteiger partial charge on any atom is 0.169 e. The third kappa shape index (κ3) is 2.74. The van der Waals surface area contributed by atoms with E-state index < -0.39 is 5.41 Å². The van der Waals surface area contributed by atoms with Crippen molar-refractivity contribution in [2.45, 2.75) is 32.6 Å². The van der Waals surface area contributed by atoms with Gasteiger partial charge < -0.3 is 0 Å². The molecule has 0 N–H and O–H groups in total. The first-order valence-electron chi connectivity index (χ1n) is 7.81. The summed E-state index contributed by atoms with van der Waals surface area (Å²) in [5, 5.41) is 0. The van der Waals surface area contributed by atoms with Crippen LogP contribution in [0.1, 0.15) is 52.5 Å². The predicted octanol–water partition coefficient (Wildman–Crippen LogP) is 4.48. The molecule has 0 spiro atoms. The summed E-state index contributed by atoms with van der Waals surface area (Å²) in [4.78, 5) is 25.5. The van der Waals surface area contributed by atoms with Gasteiger partial charge in [0.05, 0.1) is 0 Å². The van der Waals surface area contributed by atoms with E-state index in [1.54, 1.807) is 0 Å². The summed E-state index contributed by atoms with van der Waals surface area (Å²) < 4.78 is 0. The van der Waals surface area contributed by atoms with Gasteiger partial charge in [-0.05, 0) is 24.8 Å². The summed E-state index contributed by atoms with van der Waals surface area (Å²) in [5.41, 5.74) is 2.00. The Morgan fingerprint density at radius 2 is 1.73 bits per heavy atom. The molecule has 1 atom stereocenters. The minimum Gasteiger partial charge on any atom is -0.294 e. The van der Waals surface area contributed by atoms with E-state index in [2.05, 4.69) is 0 Å². The van der Waals surface area contributed by atoms with Crippen LogP contribution >= 0.6 is 0 Å². The minimum absolute atomic E-state index is 0.0517. The first kappa shape index (κ1) is 14.7. The highest BCUT2D eigenvalue weighted by atomic mass is 16.1. The lowest BCUT2D eigenvalue weighted by molar-refractivity contribution is 0.0733. The van der Waals surface area contributed by atoms with Gasteiger partial charge in [-0.15, -0.1) is 0 Å². The average molecular weight is 292 g/mol. The number of Topliss-reactive ketones (excluding diaryl/α,β-unsaturated/α-hetero) is 2. The monoisotopic (exact) mass is 292 g/mol. The van der Waals surface area contributed by atoms with Crippen molar-refractivity contribution in [1.82, 2.24) is 0 Å². The van der Waals surface area contributed by atoms with Gasteiger partial charge in [0.2, 0.25) is 0 Å². The predicted molar refractivity (Wildman–Crippen MR) is 87.2 cm³/mol. The second-order valence-electron chi connectivity index (χ2n) is 6.37. The number of carbonyl (C=O) groups excluding carboxylic acids is 2. The first-order valence-corrected chi connectivity index (χ1v) is 7.81. The second-order valence-corrected chi connectivity index (χ2v) is 6.37. The van der Waals surface area contributed by atoms with E-state index in [1.165, 1.54) is 0 Å². The smallest absolute Gasteiger partial charge is 0.169 e. The Labute approximate surface area is 131 Å². The van der Waals surface area contributed by atoms with Crippen molar-refractivity contribution in [1.29, 1.82) is 0 Å². The zero-order chi connectivity index (χ0) is 15.6. The van der Waals surface area contributed by atoms with Crippen molar-refractivity contribution >= 4 is 11.6 Å². The fourth-order valence-corrected chi connectivity index (χ4v) is 3.32. The number of fused-ring (bicyclic) bond motifs is 1. The van der Waals surface area contributed by atoms with Crippen molar-refractivity contribution in [2.75, 3.05) is 0 Å². The maximum absolute atomic E-state index is 13.0. The lowest BCUT2D eigenvalue weighted by Gasteiger charge is -2.26. The molecule has 3 rings (SSSR count). The van der Waals surface area contributed by atoms with E-state index in [0.29, 0.717) is 5.56 Å². The Hall–Kier alpha value is -2.22. The van der Waals surface area contributed by atoms with E-state index in [4.69, 9.17) is 0 Å². The fourth-order valence-electron chi connectivity index (χ4n) is 3.32. The highest BCUT2D eigenvalue weighted by Crippen LogP contribution is 2.37. The molecule has 1 aliphatic rings. The lowest BCUT2D eigenvalue weighted by Crippen LogP contribution is -2.30. The Morgan fingerprint density at radius 1 is 1.05 bits per heavy atom. The van der Waals surface area contributed by atoms with E-state index in [9.17, 15) is 9.59 Å². The van der Waals surface area contributed by atoms with Gasteiger partial charge in [0, 0.05) is 23.0 Å². The molecule has 0 fully saturated rings. The van der Waals surface area contributed by atoms with Crippen molar-refractivity contribution < 1.29 is 9.59 Å². The highest BCUT2D eigenvalue weighted by molar-refractivity contribution is 6.06. The topological polar surface area (TPSA) is 34.1 Å². The average Bonchev–Trinajstić information content (AvgIpc) is 2.66. The van der Waals surface area contributed by atoms with Crippen molar-refractivity contribution in [2.24, 2.45) is 5.41 Å². The molecule has 22 heavy (non-hydrogen) atoms. The molecule has 2 nitrogen and oxygen atoms in total. The fraction of sp³-hybridized carbons (Fsp3) is 0.300. The SMILES string of the molecule is CC1(CC(=O)c2ccccc2)CCCc2ccccc2C1=O. The van der Waals surface area contributed by atoms with Gasteiger partial charge in [0.25, 0.3) is 0 Å². The van der Waals surface area contributed by atoms with E-state index in [0.717, 1.165) is 30.4 Å². The van der Waals surface area contributed by atoms with Crippen LogP contribution in [0, 0.1) is 5.41 Å². The van der Waals surface area contributed by atoms with E-state index in [1.807, 2.05) is 61.5 Å². The molecule has 0 aliphatic heterocycles. The molecular weight excluding hydrogens is 272 g/mol. The molecule has 0 amide bonds. The van der Waals surface area contributed by atoms with Crippen LogP contribution in [0.3, 0.4) is 0 Å². The molecule has 0 saturated carbocycles. The van der Waals surface area contributed by atoms with Crippen molar-refractivity contribution in [3.05, 3.63) is 71.3 Å². The van der Waals surface area contributed by atoms with E-state index >= 15 is 0 Å². The van der Waals surface area contributed by atoms with Crippen molar-refractivity contribution in [3.63, 3.8) is 0 Å². The van der Waals surface area contributed by atoms with Crippen LogP contribution < -0.4 is 0 Å². The number of rotatable bonds is 3. The standard InChI is InChI=1S/C20H20O2/c1-20(14-18(21)16-9-3-2-4-10-16)13-7-11-15-8-5-6-12-17(15)19(20)22/h2-6,8-10,12H,7,11,13-14H2,1H3. The van der Waals surface area contributed by atoms with Gasteiger partial charge in [0.15, 0.2) is 11.6 Å². The third-order valence-electron chi connectivity index (χ3n) is 4.63. The zero-order valence-electron chi connectivity index (χ0n) is 12.8. The summed E-state index contributed by atoms with van der Waals surface area (Å²) in [6.45, 7) is 1.94. The molecule has 1 unspecified atom stereocenters. The van der Waals surface area contributed by atoms with Gasteiger partial charge in [0.1, 0.15) is 0 Å². The number of benzene rings is 2. The maximum atomic E-state index is 13.0. The molecule has 112 valence electrons. The molecule has 0 saturated heterocycles. The summed E-state index contributed by atoms with van der Waals surface area (Å²) >= 11 is 0. The summed E-state index contributed by atoms with van der Waals surface area (Å²) in [6.07, 6.45) is 2.90. The number of hydrogen-bond donors (Lipinski definition) is 0. The Morgan fingerprint density at radius 3 is 2.50 bits per heavy atom. The second kappa shape index (κ2) is 5.88. The molecule has 0 radical (unpaired) electrons. The third-order valence-corrected chi connectivity index (χ3v) is 4.63. The largest absolute Gasteiger partial charge is 0.294 e. The molecule has 0 aromatic heterocycles. The number of hydrogen-bond acceptors (Lipinski definition) is 2.